The second-order valence-corrected chi connectivity index (χ2v) is 4.89. The van der Waals surface area contributed by atoms with Crippen molar-refractivity contribution < 1.29 is 22.6 Å². The monoisotopic (exact) mass is 325 g/mol. The SMILES string of the molecule is CCNC(CCOCC(F)(F)F)c1cc(Cl)ccc1OC. The van der Waals surface area contributed by atoms with E-state index in [2.05, 4.69) is 10.1 Å². The van der Waals surface area contributed by atoms with E-state index in [1.54, 1.807) is 18.2 Å². The molecule has 0 spiro atoms. The van der Waals surface area contributed by atoms with Crippen molar-refractivity contribution in [3.63, 3.8) is 0 Å². The maximum atomic E-state index is 12.0. The lowest BCUT2D eigenvalue weighted by Gasteiger charge is -2.21. The minimum Gasteiger partial charge on any atom is -0.496 e. The number of nitrogens with one attached hydrogen (secondary N) is 1. The van der Waals surface area contributed by atoms with Crippen molar-refractivity contribution in [2.45, 2.75) is 25.6 Å². The average Bonchev–Trinajstić information content (AvgIpc) is 2.41. The molecule has 0 saturated heterocycles. The number of halogens is 4. The molecule has 3 nitrogen and oxygen atoms in total. The standard InChI is InChI=1S/C14H19ClF3NO2/c1-3-19-12(6-7-21-9-14(16,17)18)11-8-10(15)4-5-13(11)20-2/h4-5,8,12,19H,3,6-7,9H2,1-2H3. The first-order valence-electron chi connectivity index (χ1n) is 6.58. The molecule has 1 N–H and O–H groups in total. The normalized spacial score (nSPS) is 13.2. The molecule has 120 valence electrons. The van der Waals surface area contributed by atoms with Gasteiger partial charge in [-0.05, 0) is 31.2 Å². The van der Waals surface area contributed by atoms with Gasteiger partial charge in [-0.2, -0.15) is 13.2 Å². The number of hydrogen-bond donors (Lipinski definition) is 1. The molecular formula is C14H19ClF3NO2. The highest BCUT2D eigenvalue weighted by Crippen LogP contribution is 2.30. The van der Waals surface area contributed by atoms with Crippen molar-refractivity contribution >= 4 is 11.6 Å². The number of ether oxygens (including phenoxy) is 2. The summed E-state index contributed by atoms with van der Waals surface area (Å²) in [6, 6.07) is 5.00. The van der Waals surface area contributed by atoms with E-state index < -0.39 is 12.8 Å². The van der Waals surface area contributed by atoms with E-state index in [-0.39, 0.29) is 12.6 Å². The average molecular weight is 326 g/mol. The van der Waals surface area contributed by atoms with Crippen LogP contribution in [0.4, 0.5) is 13.2 Å². The quantitative estimate of drug-likeness (QED) is 0.734. The Morgan fingerprint density at radius 3 is 2.62 bits per heavy atom. The molecule has 0 aliphatic heterocycles. The van der Waals surface area contributed by atoms with E-state index in [1.165, 1.54) is 7.11 Å². The van der Waals surface area contributed by atoms with Gasteiger partial charge in [-0.1, -0.05) is 18.5 Å². The Bertz CT molecular complexity index is 441. The smallest absolute Gasteiger partial charge is 0.411 e. The van der Waals surface area contributed by atoms with Gasteiger partial charge < -0.3 is 14.8 Å². The van der Waals surface area contributed by atoms with Gasteiger partial charge in [-0.3, -0.25) is 0 Å². The summed E-state index contributed by atoms with van der Waals surface area (Å²) < 4.78 is 46.1. The van der Waals surface area contributed by atoms with Gasteiger partial charge in [0.2, 0.25) is 0 Å². The highest BCUT2D eigenvalue weighted by Gasteiger charge is 2.27. The third-order valence-corrected chi connectivity index (χ3v) is 3.07. The van der Waals surface area contributed by atoms with E-state index in [0.29, 0.717) is 23.7 Å². The largest absolute Gasteiger partial charge is 0.496 e. The number of benzene rings is 1. The van der Waals surface area contributed by atoms with Crippen LogP contribution in [0, 0.1) is 0 Å². The van der Waals surface area contributed by atoms with Crippen molar-refractivity contribution in [2.75, 3.05) is 26.9 Å². The summed E-state index contributed by atoms with van der Waals surface area (Å²) in [5.74, 6) is 0.640. The summed E-state index contributed by atoms with van der Waals surface area (Å²) in [5.41, 5.74) is 0.808. The number of alkyl halides is 3. The molecule has 1 aromatic rings. The molecule has 1 unspecified atom stereocenters. The fourth-order valence-corrected chi connectivity index (χ4v) is 2.16. The van der Waals surface area contributed by atoms with Gasteiger partial charge in [0.1, 0.15) is 12.4 Å². The third kappa shape index (κ3) is 6.54. The third-order valence-electron chi connectivity index (χ3n) is 2.83. The highest BCUT2D eigenvalue weighted by atomic mass is 35.5. The molecule has 1 aromatic carbocycles. The van der Waals surface area contributed by atoms with Gasteiger partial charge in [0.15, 0.2) is 0 Å². The lowest BCUT2D eigenvalue weighted by molar-refractivity contribution is -0.174. The van der Waals surface area contributed by atoms with Crippen LogP contribution < -0.4 is 10.1 Å². The predicted octanol–water partition coefficient (Wildman–Crippen LogP) is 3.97. The van der Waals surface area contributed by atoms with Crippen molar-refractivity contribution in [1.29, 1.82) is 0 Å². The van der Waals surface area contributed by atoms with Gasteiger partial charge in [0, 0.05) is 23.2 Å². The molecule has 0 amide bonds. The van der Waals surface area contributed by atoms with Gasteiger partial charge in [0.25, 0.3) is 0 Å². The fraction of sp³-hybridized carbons (Fsp3) is 0.571. The molecule has 0 aromatic heterocycles. The first kappa shape index (κ1) is 18.1. The molecule has 7 heteroatoms. The Morgan fingerprint density at radius 1 is 1.33 bits per heavy atom. The topological polar surface area (TPSA) is 30.5 Å². The fourth-order valence-electron chi connectivity index (χ4n) is 1.98. The predicted molar refractivity (Wildman–Crippen MR) is 75.9 cm³/mol. The number of methoxy groups -OCH3 is 1. The van der Waals surface area contributed by atoms with E-state index in [1.807, 2.05) is 6.92 Å². The minimum atomic E-state index is -4.30. The lowest BCUT2D eigenvalue weighted by Crippen LogP contribution is -2.24. The van der Waals surface area contributed by atoms with Crippen LogP contribution in [0.2, 0.25) is 5.02 Å². The maximum absolute atomic E-state index is 12.0. The summed E-state index contributed by atoms with van der Waals surface area (Å²) >= 11 is 5.98. The van der Waals surface area contributed by atoms with Crippen molar-refractivity contribution in [3.8, 4) is 5.75 Å². The van der Waals surface area contributed by atoms with Crippen LogP contribution in [0.3, 0.4) is 0 Å². The van der Waals surface area contributed by atoms with Crippen molar-refractivity contribution in [2.24, 2.45) is 0 Å². The first-order chi connectivity index (χ1) is 9.87. The molecule has 21 heavy (non-hydrogen) atoms. The van der Waals surface area contributed by atoms with E-state index >= 15 is 0 Å². The summed E-state index contributed by atoms with van der Waals surface area (Å²) in [7, 11) is 1.54. The van der Waals surface area contributed by atoms with Gasteiger partial charge in [0.05, 0.1) is 7.11 Å². The Balaban J connectivity index is 2.70. The number of hydrogen-bond acceptors (Lipinski definition) is 3. The van der Waals surface area contributed by atoms with Crippen LogP contribution in [0.5, 0.6) is 5.75 Å². The van der Waals surface area contributed by atoms with Crippen LogP contribution in [-0.4, -0.2) is 33.0 Å². The molecule has 0 fully saturated rings. The minimum absolute atomic E-state index is 0.00710. The molecule has 0 aliphatic rings. The first-order valence-corrected chi connectivity index (χ1v) is 6.96. The van der Waals surface area contributed by atoms with E-state index in [9.17, 15) is 13.2 Å². The number of rotatable bonds is 8. The Morgan fingerprint density at radius 2 is 2.05 bits per heavy atom. The maximum Gasteiger partial charge on any atom is 0.411 e. The Hall–Kier alpha value is -0.980. The van der Waals surface area contributed by atoms with Crippen molar-refractivity contribution in [3.05, 3.63) is 28.8 Å². The highest BCUT2D eigenvalue weighted by molar-refractivity contribution is 6.30. The second kappa shape index (κ2) is 8.46. The summed E-state index contributed by atoms with van der Waals surface area (Å²) in [6.07, 6.45) is -3.91. The van der Waals surface area contributed by atoms with Crippen molar-refractivity contribution in [1.82, 2.24) is 5.32 Å². The second-order valence-electron chi connectivity index (χ2n) is 4.45. The zero-order valence-electron chi connectivity index (χ0n) is 12.0. The van der Waals surface area contributed by atoms with Crippen LogP contribution in [0.15, 0.2) is 18.2 Å². The Kier molecular flexibility index (Phi) is 7.28. The zero-order chi connectivity index (χ0) is 15.9. The van der Waals surface area contributed by atoms with Gasteiger partial charge >= 0.3 is 6.18 Å². The molecule has 0 bridgehead atoms. The summed E-state index contributed by atoms with van der Waals surface area (Å²) in [4.78, 5) is 0. The molecule has 0 aliphatic carbocycles. The Labute approximate surface area is 127 Å². The zero-order valence-corrected chi connectivity index (χ0v) is 12.7. The van der Waals surface area contributed by atoms with E-state index in [0.717, 1.165) is 5.56 Å². The molecule has 0 heterocycles. The van der Waals surface area contributed by atoms with E-state index in [4.69, 9.17) is 16.3 Å². The summed E-state index contributed by atoms with van der Waals surface area (Å²) in [5, 5.41) is 3.74. The van der Waals surface area contributed by atoms with Crippen LogP contribution in [0.1, 0.15) is 24.9 Å². The molecular weight excluding hydrogens is 307 g/mol. The molecule has 0 radical (unpaired) electrons. The van der Waals surface area contributed by atoms with Gasteiger partial charge in [-0.15, -0.1) is 0 Å². The molecule has 1 rings (SSSR count). The van der Waals surface area contributed by atoms with Gasteiger partial charge in [-0.25, -0.2) is 0 Å². The molecule has 0 saturated carbocycles. The van der Waals surface area contributed by atoms with Crippen LogP contribution in [0.25, 0.3) is 0 Å². The van der Waals surface area contributed by atoms with Crippen LogP contribution in [-0.2, 0) is 4.74 Å². The lowest BCUT2D eigenvalue weighted by atomic mass is 10.0. The van der Waals surface area contributed by atoms with Crippen LogP contribution >= 0.6 is 11.6 Å². The molecule has 1 atom stereocenters. The summed E-state index contributed by atoms with van der Waals surface area (Å²) in [6.45, 7) is 1.34.